The Hall–Kier alpha value is -3.15. The molecule has 0 fully saturated rings. The van der Waals surface area contributed by atoms with Gasteiger partial charge in [0, 0.05) is 24.5 Å². The van der Waals surface area contributed by atoms with Gasteiger partial charge in [-0.25, -0.2) is 4.68 Å². The van der Waals surface area contributed by atoms with Crippen LogP contribution in [0.1, 0.15) is 15.9 Å². The Morgan fingerprint density at radius 1 is 1.18 bits per heavy atom. The molecular formula is C16H14N4O2. The molecule has 0 aliphatic rings. The zero-order valence-electron chi connectivity index (χ0n) is 11.7. The van der Waals surface area contributed by atoms with Crippen LogP contribution in [-0.4, -0.2) is 20.7 Å². The van der Waals surface area contributed by atoms with E-state index in [1.165, 1.54) is 12.3 Å². The summed E-state index contributed by atoms with van der Waals surface area (Å²) >= 11 is 0. The van der Waals surface area contributed by atoms with Crippen molar-refractivity contribution >= 4 is 5.91 Å². The van der Waals surface area contributed by atoms with E-state index in [4.69, 9.17) is 0 Å². The number of para-hydroxylation sites is 1. The zero-order valence-corrected chi connectivity index (χ0v) is 11.7. The van der Waals surface area contributed by atoms with Gasteiger partial charge in [-0.05, 0) is 24.3 Å². The number of nitrogens with one attached hydrogen (secondary N) is 2. The van der Waals surface area contributed by atoms with Crippen molar-refractivity contribution < 1.29 is 4.79 Å². The fourth-order valence-corrected chi connectivity index (χ4v) is 2.05. The summed E-state index contributed by atoms with van der Waals surface area (Å²) in [4.78, 5) is 26.0. The second-order valence-corrected chi connectivity index (χ2v) is 4.72. The summed E-state index contributed by atoms with van der Waals surface area (Å²) in [6, 6.07) is 12.8. The first kappa shape index (κ1) is 13.8. The molecule has 22 heavy (non-hydrogen) atoms. The highest BCUT2D eigenvalue weighted by atomic mass is 16.2. The third kappa shape index (κ3) is 2.95. The fourth-order valence-electron chi connectivity index (χ4n) is 2.05. The Kier molecular flexibility index (Phi) is 3.82. The first-order valence-corrected chi connectivity index (χ1v) is 6.79. The van der Waals surface area contributed by atoms with E-state index in [0.717, 1.165) is 11.3 Å². The largest absolute Gasteiger partial charge is 0.348 e. The highest BCUT2D eigenvalue weighted by Crippen LogP contribution is 2.07. The molecule has 0 unspecified atom stereocenters. The lowest BCUT2D eigenvalue weighted by molar-refractivity contribution is 0.0949. The number of hydrogen-bond acceptors (Lipinski definition) is 3. The first-order chi connectivity index (χ1) is 10.7. The molecule has 110 valence electrons. The minimum Gasteiger partial charge on any atom is -0.348 e. The summed E-state index contributed by atoms with van der Waals surface area (Å²) in [6.45, 7) is 0.306. The topological polar surface area (TPSA) is 79.8 Å². The zero-order chi connectivity index (χ0) is 15.4. The molecule has 1 aromatic carbocycles. The van der Waals surface area contributed by atoms with Crippen molar-refractivity contribution in [2.24, 2.45) is 0 Å². The van der Waals surface area contributed by atoms with E-state index >= 15 is 0 Å². The lowest BCUT2D eigenvalue weighted by Crippen LogP contribution is -2.28. The number of aromatic amines is 1. The standard InChI is InChI=1S/C16H14N4O2/c21-15-14(7-4-8-17-15)16(22)18-9-12-10-19-20(11-12)13-5-2-1-3-6-13/h1-8,10-11H,9H2,(H,17,21)(H,18,22). The summed E-state index contributed by atoms with van der Waals surface area (Å²) in [7, 11) is 0. The van der Waals surface area contributed by atoms with Gasteiger partial charge in [0.25, 0.3) is 11.5 Å². The van der Waals surface area contributed by atoms with Gasteiger partial charge in [-0.1, -0.05) is 18.2 Å². The summed E-state index contributed by atoms with van der Waals surface area (Å²) < 4.78 is 1.73. The summed E-state index contributed by atoms with van der Waals surface area (Å²) in [5.41, 5.74) is 1.49. The van der Waals surface area contributed by atoms with Crippen LogP contribution in [0.25, 0.3) is 5.69 Å². The van der Waals surface area contributed by atoms with Crippen molar-refractivity contribution in [1.82, 2.24) is 20.1 Å². The van der Waals surface area contributed by atoms with E-state index in [0.29, 0.717) is 6.54 Å². The minimum absolute atomic E-state index is 0.0953. The van der Waals surface area contributed by atoms with Crippen LogP contribution in [0, 0.1) is 0 Å². The average molecular weight is 294 g/mol. The Labute approximate surface area is 126 Å². The Morgan fingerprint density at radius 3 is 2.77 bits per heavy atom. The molecule has 3 aromatic rings. The van der Waals surface area contributed by atoms with Gasteiger partial charge >= 0.3 is 0 Å². The second kappa shape index (κ2) is 6.09. The van der Waals surface area contributed by atoms with E-state index in [2.05, 4.69) is 15.4 Å². The molecule has 2 heterocycles. The molecule has 0 atom stereocenters. The maximum Gasteiger partial charge on any atom is 0.260 e. The fraction of sp³-hybridized carbons (Fsp3) is 0.0625. The number of nitrogens with zero attached hydrogens (tertiary/aromatic N) is 2. The molecule has 0 radical (unpaired) electrons. The van der Waals surface area contributed by atoms with Crippen LogP contribution in [0.15, 0.2) is 65.8 Å². The van der Waals surface area contributed by atoms with Crippen molar-refractivity contribution in [3.63, 3.8) is 0 Å². The molecule has 2 N–H and O–H groups in total. The predicted octanol–water partition coefficient (Wildman–Crippen LogP) is 1.49. The second-order valence-electron chi connectivity index (χ2n) is 4.72. The third-order valence-corrected chi connectivity index (χ3v) is 3.17. The number of pyridine rings is 1. The number of amides is 1. The number of aromatic nitrogens is 3. The van der Waals surface area contributed by atoms with Gasteiger partial charge in [-0.15, -0.1) is 0 Å². The van der Waals surface area contributed by atoms with E-state index in [1.807, 2.05) is 36.5 Å². The molecule has 0 aliphatic heterocycles. The maximum atomic E-state index is 12.0. The monoisotopic (exact) mass is 294 g/mol. The van der Waals surface area contributed by atoms with Gasteiger partial charge in [-0.2, -0.15) is 5.10 Å². The van der Waals surface area contributed by atoms with Gasteiger partial charge in [0.15, 0.2) is 0 Å². The maximum absolute atomic E-state index is 12.0. The van der Waals surface area contributed by atoms with Crippen molar-refractivity contribution in [2.45, 2.75) is 6.54 Å². The summed E-state index contributed by atoms with van der Waals surface area (Å²) in [5, 5.41) is 6.96. The molecular weight excluding hydrogens is 280 g/mol. The van der Waals surface area contributed by atoms with E-state index in [1.54, 1.807) is 16.9 Å². The first-order valence-electron chi connectivity index (χ1n) is 6.79. The number of benzene rings is 1. The third-order valence-electron chi connectivity index (χ3n) is 3.17. The Bertz CT molecular complexity index is 836. The molecule has 2 aromatic heterocycles. The van der Waals surface area contributed by atoms with Gasteiger partial charge in [0.1, 0.15) is 5.56 Å². The molecule has 0 spiro atoms. The van der Waals surface area contributed by atoms with Crippen LogP contribution in [0.3, 0.4) is 0 Å². The van der Waals surface area contributed by atoms with Crippen LogP contribution in [0.4, 0.5) is 0 Å². The smallest absolute Gasteiger partial charge is 0.260 e. The number of H-pyrrole nitrogens is 1. The minimum atomic E-state index is -0.408. The van der Waals surface area contributed by atoms with Gasteiger partial charge in [0.2, 0.25) is 0 Å². The average Bonchev–Trinajstić information content (AvgIpc) is 3.03. The van der Waals surface area contributed by atoms with Gasteiger partial charge < -0.3 is 10.3 Å². The van der Waals surface area contributed by atoms with Crippen molar-refractivity contribution in [2.75, 3.05) is 0 Å². The normalized spacial score (nSPS) is 10.4. The molecule has 3 rings (SSSR count). The molecule has 0 aliphatic carbocycles. The van der Waals surface area contributed by atoms with Crippen molar-refractivity contribution in [1.29, 1.82) is 0 Å². The van der Waals surface area contributed by atoms with Crippen LogP contribution in [-0.2, 0) is 6.54 Å². The summed E-state index contributed by atoms with van der Waals surface area (Å²) in [6.07, 6.45) is 5.01. The Balaban J connectivity index is 1.68. The predicted molar refractivity (Wildman–Crippen MR) is 81.8 cm³/mol. The lowest BCUT2D eigenvalue weighted by atomic mass is 10.2. The highest BCUT2D eigenvalue weighted by Gasteiger charge is 2.09. The molecule has 6 heteroatoms. The quantitative estimate of drug-likeness (QED) is 0.765. The van der Waals surface area contributed by atoms with E-state index in [9.17, 15) is 9.59 Å². The number of rotatable bonds is 4. The lowest BCUT2D eigenvalue weighted by Gasteiger charge is -2.02. The van der Waals surface area contributed by atoms with Crippen molar-refractivity contribution in [3.05, 3.63) is 82.5 Å². The highest BCUT2D eigenvalue weighted by molar-refractivity contribution is 5.93. The molecule has 6 nitrogen and oxygen atoms in total. The van der Waals surface area contributed by atoms with Crippen LogP contribution < -0.4 is 10.9 Å². The number of carbonyl (C=O) groups excluding carboxylic acids is 1. The van der Waals surface area contributed by atoms with Gasteiger partial charge in [-0.3, -0.25) is 9.59 Å². The molecule has 0 bridgehead atoms. The summed E-state index contributed by atoms with van der Waals surface area (Å²) in [5.74, 6) is -0.408. The molecule has 1 amide bonds. The molecule has 0 saturated carbocycles. The van der Waals surface area contributed by atoms with Gasteiger partial charge in [0.05, 0.1) is 11.9 Å². The SMILES string of the molecule is O=C(NCc1cnn(-c2ccccc2)c1)c1ccc[nH]c1=O. The van der Waals surface area contributed by atoms with E-state index < -0.39 is 11.5 Å². The van der Waals surface area contributed by atoms with Crippen LogP contribution in [0.2, 0.25) is 0 Å². The number of hydrogen-bond donors (Lipinski definition) is 2. The van der Waals surface area contributed by atoms with Crippen LogP contribution in [0.5, 0.6) is 0 Å². The van der Waals surface area contributed by atoms with Crippen LogP contribution >= 0.6 is 0 Å². The van der Waals surface area contributed by atoms with E-state index in [-0.39, 0.29) is 5.56 Å². The Morgan fingerprint density at radius 2 is 2.00 bits per heavy atom. The van der Waals surface area contributed by atoms with Crippen molar-refractivity contribution in [3.8, 4) is 5.69 Å². The molecule has 0 saturated heterocycles. The number of carbonyl (C=O) groups is 1.